The molecule has 0 fully saturated rings. The molecule has 0 spiro atoms. The zero-order valence-corrected chi connectivity index (χ0v) is 16.9. The van der Waals surface area contributed by atoms with Crippen molar-refractivity contribution in [3.8, 4) is 0 Å². The quantitative estimate of drug-likeness (QED) is 0.629. The van der Waals surface area contributed by atoms with Gasteiger partial charge in [-0.2, -0.15) is 0 Å². The molecular formula is C22H21FN2O3S. The zero-order chi connectivity index (χ0) is 21.0. The fourth-order valence-corrected chi connectivity index (χ4v) is 3.88. The molecule has 150 valence electrons. The van der Waals surface area contributed by atoms with Crippen LogP contribution >= 0.6 is 0 Å². The standard InChI is InChI=1S/C22H21FN2O3S/c1-15-3-4-16(2)17(13-15)14-22(26)24-19-9-11-21(12-10-19)29(27,28)25-20-7-5-18(23)6-8-20/h3-13,25H,14H2,1-2H3,(H,24,26). The molecule has 0 aliphatic carbocycles. The summed E-state index contributed by atoms with van der Waals surface area (Å²) in [5.74, 6) is -0.632. The van der Waals surface area contributed by atoms with Gasteiger partial charge in [-0.15, -0.1) is 0 Å². The van der Waals surface area contributed by atoms with Gasteiger partial charge in [0.05, 0.1) is 11.3 Å². The highest BCUT2D eigenvalue weighted by molar-refractivity contribution is 7.92. The Bertz CT molecular complexity index is 1130. The van der Waals surface area contributed by atoms with Crippen LogP contribution in [0.25, 0.3) is 0 Å². The van der Waals surface area contributed by atoms with E-state index in [0.29, 0.717) is 5.69 Å². The third-order valence-electron chi connectivity index (χ3n) is 4.40. The van der Waals surface area contributed by atoms with E-state index in [4.69, 9.17) is 0 Å². The summed E-state index contributed by atoms with van der Waals surface area (Å²) in [6.45, 7) is 3.93. The number of hydrogen-bond acceptors (Lipinski definition) is 3. The Morgan fingerprint density at radius 1 is 0.897 bits per heavy atom. The molecule has 0 atom stereocenters. The molecule has 0 aliphatic heterocycles. The van der Waals surface area contributed by atoms with Crippen molar-refractivity contribution < 1.29 is 17.6 Å². The molecule has 0 heterocycles. The zero-order valence-electron chi connectivity index (χ0n) is 16.1. The van der Waals surface area contributed by atoms with E-state index < -0.39 is 15.8 Å². The van der Waals surface area contributed by atoms with Crippen molar-refractivity contribution in [1.29, 1.82) is 0 Å². The molecule has 3 aromatic carbocycles. The number of benzene rings is 3. The van der Waals surface area contributed by atoms with Gasteiger partial charge in [-0.3, -0.25) is 9.52 Å². The van der Waals surface area contributed by atoms with Gasteiger partial charge in [0.15, 0.2) is 0 Å². The van der Waals surface area contributed by atoms with E-state index >= 15 is 0 Å². The first kappa shape index (κ1) is 20.5. The molecule has 7 heteroatoms. The van der Waals surface area contributed by atoms with Gasteiger partial charge in [0, 0.05) is 11.4 Å². The average molecular weight is 412 g/mol. The van der Waals surface area contributed by atoms with Gasteiger partial charge in [-0.05, 0) is 73.5 Å². The summed E-state index contributed by atoms with van der Waals surface area (Å²) < 4.78 is 40.2. The summed E-state index contributed by atoms with van der Waals surface area (Å²) in [5.41, 5.74) is 3.84. The molecule has 0 saturated heterocycles. The maximum Gasteiger partial charge on any atom is 0.261 e. The average Bonchev–Trinajstić information content (AvgIpc) is 2.67. The van der Waals surface area contributed by atoms with Crippen LogP contribution in [0.5, 0.6) is 0 Å². The van der Waals surface area contributed by atoms with Gasteiger partial charge >= 0.3 is 0 Å². The third kappa shape index (κ3) is 5.42. The van der Waals surface area contributed by atoms with Crippen LogP contribution < -0.4 is 10.0 Å². The topological polar surface area (TPSA) is 75.3 Å². The molecule has 0 saturated carbocycles. The van der Waals surface area contributed by atoms with Gasteiger partial charge in [0.1, 0.15) is 5.82 Å². The molecule has 1 amide bonds. The highest BCUT2D eigenvalue weighted by atomic mass is 32.2. The van der Waals surface area contributed by atoms with Crippen molar-refractivity contribution in [3.63, 3.8) is 0 Å². The summed E-state index contributed by atoms with van der Waals surface area (Å²) in [5, 5.41) is 2.78. The van der Waals surface area contributed by atoms with Crippen molar-refractivity contribution in [2.75, 3.05) is 10.0 Å². The molecule has 3 rings (SSSR count). The molecule has 0 radical (unpaired) electrons. The monoisotopic (exact) mass is 412 g/mol. The van der Waals surface area contributed by atoms with Gasteiger partial charge in [-0.25, -0.2) is 12.8 Å². The lowest BCUT2D eigenvalue weighted by molar-refractivity contribution is -0.115. The number of carbonyl (C=O) groups is 1. The van der Waals surface area contributed by atoms with E-state index in [1.165, 1.54) is 48.5 Å². The number of halogens is 1. The summed E-state index contributed by atoms with van der Waals surface area (Å²) >= 11 is 0. The van der Waals surface area contributed by atoms with Crippen LogP contribution in [-0.2, 0) is 21.2 Å². The molecule has 3 aromatic rings. The molecule has 5 nitrogen and oxygen atoms in total. The van der Waals surface area contributed by atoms with Gasteiger partial charge in [-0.1, -0.05) is 23.8 Å². The number of amides is 1. The second-order valence-electron chi connectivity index (χ2n) is 6.79. The molecule has 0 aliphatic rings. The Hall–Kier alpha value is -3.19. The van der Waals surface area contributed by atoms with Gasteiger partial charge in [0.2, 0.25) is 5.91 Å². The first-order chi connectivity index (χ1) is 13.7. The van der Waals surface area contributed by atoms with E-state index in [-0.39, 0.29) is 22.9 Å². The second-order valence-corrected chi connectivity index (χ2v) is 8.47. The number of aryl methyl sites for hydroxylation is 2. The first-order valence-corrected chi connectivity index (χ1v) is 10.5. The molecule has 0 unspecified atom stereocenters. The molecule has 2 N–H and O–H groups in total. The minimum absolute atomic E-state index is 0.0364. The van der Waals surface area contributed by atoms with Crippen molar-refractivity contribution in [2.24, 2.45) is 0 Å². The Balaban J connectivity index is 1.67. The van der Waals surface area contributed by atoms with Crippen molar-refractivity contribution >= 4 is 27.3 Å². The van der Waals surface area contributed by atoms with Crippen LogP contribution in [0.4, 0.5) is 15.8 Å². The van der Waals surface area contributed by atoms with Gasteiger partial charge in [0.25, 0.3) is 10.0 Å². The molecule has 29 heavy (non-hydrogen) atoms. The van der Waals surface area contributed by atoms with Crippen LogP contribution in [0.1, 0.15) is 16.7 Å². The third-order valence-corrected chi connectivity index (χ3v) is 5.80. The van der Waals surface area contributed by atoms with Crippen molar-refractivity contribution in [2.45, 2.75) is 25.2 Å². The van der Waals surface area contributed by atoms with Crippen LogP contribution in [0, 0.1) is 19.7 Å². The fourth-order valence-electron chi connectivity index (χ4n) is 2.82. The Morgan fingerprint density at radius 2 is 1.52 bits per heavy atom. The van der Waals surface area contributed by atoms with Crippen LogP contribution in [0.15, 0.2) is 71.6 Å². The first-order valence-electron chi connectivity index (χ1n) is 8.97. The number of hydrogen-bond donors (Lipinski definition) is 2. The summed E-state index contributed by atoms with van der Waals surface area (Å²) in [4.78, 5) is 12.4. The number of anilines is 2. The lowest BCUT2D eigenvalue weighted by Crippen LogP contribution is -2.16. The van der Waals surface area contributed by atoms with Crippen molar-refractivity contribution in [3.05, 3.63) is 89.2 Å². The number of nitrogens with one attached hydrogen (secondary N) is 2. The molecular weight excluding hydrogens is 391 g/mol. The Kier molecular flexibility index (Phi) is 5.98. The number of sulfonamides is 1. The largest absolute Gasteiger partial charge is 0.326 e. The molecule has 0 bridgehead atoms. The van der Waals surface area contributed by atoms with E-state index in [9.17, 15) is 17.6 Å². The second kappa shape index (κ2) is 8.45. The van der Waals surface area contributed by atoms with Crippen LogP contribution in [0.2, 0.25) is 0 Å². The predicted molar refractivity (Wildman–Crippen MR) is 112 cm³/mol. The molecule has 0 aromatic heterocycles. The Morgan fingerprint density at radius 3 is 2.17 bits per heavy atom. The predicted octanol–water partition coefficient (Wildman–Crippen LogP) is 4.42. The van der Waals surface area contributed by atoms with Gasteiger partial charge < -0.3 is 5.32 Å². The minimum atomic E-state index is -3.82. The maximum absolute atomic E-state index is 13.0. The minimum Gasteiger partial charge on any atom is -0.326 e. The lowest BCUT2D eigenvalue weighted by Gasteiger charge is -2.10. The highest BCUT2D eigenvalue weighted by Crippen LogP contribution is 2.19. The fraction of sp³-hybridized carbons (Fsp3) is 0.136. The van der Waals surface area contributed by atoms with Crippen LogP contribution in [-0.4, -0.2) is 14.3 Å². The van der Waals surface area contributed by atoms with E-state index in [1.54, 1.807) is 0 Å². The van der Waals surface area contributed by atoms with E-state index in [0.717, 1.165) is 16.7 Å². The Labute approximate surface area is 169 Å². The smallest absolute Gasteiger partial charge is 0.261 e. The summed E-state index contributed by atoms with van der Waals surface area (Å²) in [6.07, 6.45) is 0.236. The van der Waals surface area contributed by atoms with Crippen LogP contribution in [0.3, 0.4) is 0 Å². The SMILES string of the molecule is Cc1ccc(C)c(CC(=O)Nc2ccc(S(=O)(=O)Nc3ccc(F)cc3)cc2)c1. The van der Waals surface area contributed by atoms with E-state index in [2.05, 4.69) is 10.0 Å². The maximum atomic E-state index is 13.0. The number of carbonyl (C=O) groups excluding carboxylic acids is 1. The lowest BCUT2D eigenvalue weighted by atomic mass is 10.0. The number of rotatable bonds is 6. The normalized spacial score (nSPS) is 11.1. The van der Waals surface area contributed by atoms with Crippen molar-refractivity contribution in [1.82, 2.24) is 0 Å². The summed E-state index contributed by atoms with van der Waals surface area (Å²) in [7, 11) is -3.82. The highest BCUT2D eigenvalue weighted by Gasteiger charge is 2.14. The van der Waals surface area contributed by atoms with E-state index in [1.807, 2.05) is 32.0 Å². The summed E-state index contributed by atoms with van der Waals surface area (Å²) in [6, 6.07) is 16.8.